The molecule has 0 saturated carbocycles. The number of rotatable bonds is 15. The molecule has 0 unspecified atom stereocenters. The van der Waals surface area contributed by atoms with Gasteiger partial charge in [-0.25, -0.2) is 8.42 Å². The fraction of sp³-hybridized carbons (Fsp3) is 0.355. The zero-order valence-corrected chi connectivity index (χ0v) is 27.0. The molecule has 0 fully saturated rings. The Balaban J connectivity index is 2.06. The van der Waals surface area contributed by atoms with Crippen molar-refractivity contribution in [1.82, 2.24) is 10.2 Å². The maximum atomic E-state index is 14.2. The molecule has 3 aromatic carbocycles. The van der Waals surface area contributed by atoms with Gasteiger partial charge in [-0.3, -0.25) is 13.9 Å². The summed E-state index contributed by atoms with van der Waals surface area (Å²) in [6.45, 7) is 3.72. The molecule has 3 aromatic rings. The van der Waals surface area contributed by atoms with Crippen LogP contribution in [0.15, 0.2) is 71.6 Å². The van der Waals surface area contributed by atoms with Gasteiger partial charge >= 0.3 is 0 Å². The van der Waals surface area contributed by atoms with Gasteiger partial charge in [-0.2, -0.15) is 0 Å². The quantitative estimate of drug-likeness (QED) is 0.205. The average Bonchev–Trinajstić information content (AvgIpc) is 3.01. The lowest BCUT2D eigenvalue weighted by Gasteiger charge is -2.33. The first kappa shape index (κ1) is 34.0. The number of carbonyl (C=O) groups excluding carboxylic acids is 2. The number of ether oxygens (including phenoxy) is 2. The van der Waals surface area contributed by atoms with E-state index in [0.717, 1.165) is 17.1 Å². The van der Waals surface area contributed by atoms with Crippen LogP contribution in [0.2, 0.25) is 10.0 Å². The van der Waals surface area contributed by atoms with Crippen LogP contribution in [0.25, 0.3) is 0 Å². The molecule has 2 amide bonds. The summed E-state index contributed by atoms with van der Waals surface area (Å²) in [5.74, 6) is -0.315. The molecule has 0 aliphatic rings. The summed E-state index contributed by atoms with van der Waals surface area (Å²) in [6, 6.07) is 16.6. The van der Waals surface area contributed by atoms with Crippen molar-refractivity contribution in [3.63, 3.8) is 0 Å². The Morgan fingerprint density at radius 1 is 0.907 bits per heavy atom. The number of para-hydroxylation sites is 1. The summed E-state index contributed by atoms with van der Waals surface area (Å²) in [6.07, 6.45) is 1.98. The van der Waals surface area contributed by atoms with Gasteiger partial charge in [0.1, 0.15) is 12.6 Å². The Hall–Kier alpha value is -3.47. The molecule has 12 heteroatoms. The van der Waals surface area contributed by atoms with Crippen LogP contribution in [0.3, 0.4) is 0 Å². The van der Waals surface area contributed by atoms with Crippen LogP contribution in [0.5, 0.6) is 11.5 Å². The second-order valence-electron chi connectivity index (χ2n) is 9.70. The number of hydrogen-bond donors (Lipinski definition) is 1. The van der Waals surface area contributed by atoms with E-state index in [4.69, 9.17) is 32.7 Å². The van der Waals surface area contributed by atoms with Crippen molar-refractivity contribution < 1.29 is 27.5 Å². The van der Waals surface area contributed by atoms with Crippen molar-refractivity contribution in [1.29, 1.82) is 0 Å². The van der Waals surface area contributed by atoms with E-state index in [0.29, 0.717) is 34.3 Å². The Morgan fingerprint density at radius 3 is 2.21 bits per heavy atom. The molecule has 232 valence electrons. The van der Waals surface area contributed by atoms with E-state index in [1.807, 2.05) is 6.92 Å². The summed E-state index contributed by atoms with van der Waals surface area (Å²) in [7, 11) is -1.43. The van der Waals surface area contributed by atoms with E-state index in [1.54, 1.807) is 55.5 Å². The third-order valence-corrected chi connectivity index (χ3v) is 9.33. The van der Waals surface area contributed by atoms with Crippen LogP contribution in [-0.4, -0.2) is 58.5 Å². The van der Waals surface area contributed by atoms with Gasteiger partial charge in [0, 0.05) is 19.2 Å². The van der Waals surface area contributed by atoms with Gasteiger partial charge in [0.15, 0.2) is 11.5 Å². The Kier molecular flexibility index (Phi) is 12.5. The number of unbranched alkanes of at least 4 members (excludes halogenated alkanes) is 1. The van der Waals surface area contributed by atoms with Gasteiger partial charge < -0.3 is 19.7 Å². The first-order valence-electron chi connectivity index (χ1n) is 13.9. The monoisotopic (exact) mass is 649 g/mol. The first-order valence-corrected chi connectivity index (χ1v) is 16.1. The number of carbonyl (C=O) groups is 2. The molecular formula is C31H37Cl2N3O6S. The molecule has 3 rings (SSSR count). The summed E-state index contributed by atoms with van der Waals surface area (Å²) in [5.41, 5.74) is 0.914. The standard InChI is InChI=1S/C31H37Cl2N3O6S/c1-5-7-17-34-31(38)27(6-2)35(20-22-13-15-25(32)26(33)18-22)30(37)21-36(23-11-9-8-10-12-23)43(39,40)24-14-16-28(41-3)29(19-24)42-4/h8-16,18-19,27H,5-7,17,20-21H2,1-4H3,(H,34,38)/t27-/m1/s1. The average molecular weight is 651 g/mol. The van der Waals surface area contributed by atoms with Crippen LogP contribution >= 0.6 is 23.2 Å². The second kappa shape index (κ2) is 15.8. The molecule has 1 atom stereocenters. The third-order valence-electron chi connectivity index (χ3n) is 6.82. The molecule has 0 spiro atoms. The lowest BCUT2D eigenvalue weighted by molar-refractivity contribution is -0.140. The summed E-state index contributed by atoms with van der Waals surface area (Å²) >= 11 is 12.4. The fourth-order valence-electron chi connectivity index (χ4n) is 4.49. The first-order chi connectivity index (χ1) is 20.6. The number of amides is 2. The predicted molar refractivity (Wildman–Crippen MR) is 170 cm³/mol. The minimum absolute atomic E-state index is 0.00840. The van der Waals surface area contributed by atoms with Crippen LogP contribution in [0.4, 0.5) is 5.69 Å². The van der Waals surface area contributed by atoms with Crippen LogP contribution in [0.1, 0.15) is 38.7 Å². The zero-order chi connectivity index (χ0) is 31.6. The van der Waals surface area contributed by atoms with Crippen molar-refractivity contribution in [2.75, 3.05) is 31.6 Å². The van der Waals surface area contributed by atoms with Gasteiger partial charge in [0.25, 0.3) is 10.0 Å². The minimum atomic E-state index is -4.28. The number of halogens is 2. The highest BCUT2D eigenvalue weighted by Gasteiger charge is 2.34. The van der Waals surface area contributed by atoms with Crippen molar-refractivity contribution in [3.8, 4) is 11.5 Å². The van der Waals surface area contributed by atoms with E-state index in [9.17, 15) is 18.0 Å². The zero-order valence-electron chi connectivity index (χ0n) is 24.7. The van der Waals surface area contributed by atoms with Crippen molar-refractivity contribution in [2.45, 2.75) is 50.6 Å². The normalized spacial score (nSPS) is 11.9. The second-order valence-corrected chi connectivity index (χ2v) is 12.4. The molecular weight excluding hydrogens is 613 g/mol. The Bertz CT molecular complexity index is 1500. The Labute approximate surface area is 263 Å². The molecule has 0 aliphatic heterocycles. The SMILES string of the molecule is CCCCNC(=O)[C@@H](CC)N(Cc1ccc(Cl)c(Cl)c1)C(=O)CN(c1ccccc1)S(=O)(=O)c1ccc(OC)c(OC)c1. The summed E-state index contributed by atoms with van der Waals surface area (Å²) in [4.78, 5) is 28.8. The lowest BCUT2D eigenvalue weighted by Crippen LogP contribution is -2.52. The molecule has 0 bridgehead atoms. The van der Waals surface area contributed by atoms with Crippen LogP contribution in [0, 0.1) is 0 Å². The minimum Gasteiger partial charge on any atom is -0.493 e. The van der Waals surface area contributed by atoms with Crippen molar-refractivity contribution in [2.24, 2.45) is 0 Å². The van der Waals surface area contributed by atoms with Gasteiger partial charge in [-0.05, 0) is 54.8 Å². The number of anilines is 1. The lowest BCUT2D eigenvalue weighted by atomic mass is 10.1. The maximum absolute atomic E-state index is 14.2. The van der Waals surface area contributed by atoms with E-state index in [1.165, 1.54) is 37.3 Å². The van der Waals surface area contributed by atoms with E-state index < -0.39 is 28.5 Å². The molecule has 0 saturated heterocycles. The molecule has 0 aromatic heterocycles. The highest BCUT2D eigenvalue weighted by Crippen LogP contribution is 2.32. The Morgan fingerprint density at radius 2 is 1.60 bits per heavy atom. The molecule has 0 radical (unpaired) electrons. The number of nitrogens with zero attached hydrogens (tertiary/aromatic N) is 2. The smallest absolute Gasteiger partial charge is 0.264 e. The van der Waals surface area contributed by atoms with Gasteiger partial charge in [0.05, 0.1) is 34.8 Å². The van der Waals surface area contributed by atoms with Crippen molar-refractivity contribution >= 4 is 50.7 Å². The van der Waals surface area contributed by atoms with Gasteiger partial charge in [0.2, 0.25) is 11.8 Å². The molecule has 1 N–H and O–H groups in total. The number of nitrogens with one attached hydrogen (secondary N) is 1. The molecule has 0 aliphatic carbocycles. The predicted octanol–water partition coefficient (Wildman–Crippen LogP) is 5.93. The number of methoxy groups -OCH3 is 2. The molecule has 43 heavy (non-hydrogen) atoms. The van der Waals surface area contributed by atoms with Gasteiger partial charge in [-0.15, -0.1) is 0 Å². The third kappa shape index (κ3) is 8.55. The van der Waals surface area contributed by atoms with E-state index in [-0.39, 0.29) is 28.8 Å². The number of hydrogen-bond acceptors (Lipinski definition) is 6. The topological polar surface area (TPSA) is 105 Å². The molecule has 0 heterocycles. The largest absolute Gasteiger partial charge is 0.493 e. The highest BCUT2D eigenvalue weighted by atomic mass is 35.5. The number of benzene rings is 3. The van der Waals surface area contributed by atoms with Crippen LogP contribution in [-0.2, 0) is 26.2 Å². The maximum Gasteiger partial charge on any atom is 0.264 e. The fourth-order valence-corrected chi connectivity index (χ4v) is 6.24. The number of sulfonamides is 1. The van der Waals surface area contributed by atoms with E-state index >= 15 is 0 Å². The summed E-state index contributed by atoms with van der Waals surface area (Å²) in [5, 5.41) is 3.55. The van der Waals surface area contributed by atoms with Gasteiger partial charge in [-0.1, -0.05) is 67.7 Å². The highest BCUT2D eigenvalue weighted by molar-refractivity contribution is 7.92. The van der Waals surface area contributed by atoms with Crippen LogP contribution < -0.4 is 19.1 Å². The van der Waals surface area contributed by atoms with E-state index in [2.05, 4.69) is 5.32 Å². The van der Waals surface area contributed by atoms with Crippen molar-refractivity contribution in [3.05, 3.63) is 82.3 Å². The summed E-state index contributed by atoms with van der Waals surface area (Å²) < 4.78 is 39.8. The molecule has 9 nitrogen and oxygen atoms in total.